The largest absolute Gasteiger partial charge is 0.392 e. The number of hydrogen-bond donors (Lipinski definition) is 1. The van der Waals surface area contributed by atoms with Crippen molar-refractivity contribution in [1.29, 1.82) is 0 Å². The molecule has 0 saturated carbocycles. The Morgan fingerprint density at radius 3 is 2.47 bits per heavy atom. The van der Waals surface area contributed by atoms with Gasteiger partial charge in [0.05, 0.1) is 6.61 Å². The van der Waals surface area contributed by atoms with E-state index in [9.17, 15) is 9.50 Å². The van der Waals surface area contributed by atoms with E-state index in [0.717, 1.165) is 25.2 Å². The highest BCUT2D eigenvalue weighted by atomic mass is 19.1. The molecule has 4 heteroatoms. The zero-order valence-corrected chi connectivity index (χ0v) is 10.8. The Balaban J connectivity index is 2.64. The van der Waals surface area contributed by atoms with Crippen molar-refractivity contribution in [2.45, 2.75) is 13.0 Å². The van der Waals surface area contributed by atoms with Gasteiger partial charge >= 0.3 is 0 Å². The molecule has 0 radical (unpaired) electrons. The molecule has 0 aromatic heterocycles. The van der Waals surface area contributed by atoms with E-state index in [1.165, 1.54) is 12.1 Å². The molecule has 0 spiro atoms. The minimum Gasteiger partial charge on any atom is -0.392 e. The van der Waals surface area contributed by atoms with Crippen molar-refractivity contribution in [2.24, 2.45) is 0 Å². The number of hydrogen-bond acceptors (Lipinski definition) is 3. The summed E-state index contributed by atoms with van der Waals surface area (Å²) in [5.74, 6) is -0.306. The van der Waals surface area contributed by atoms with Gasteiger partial charge < -0.3 is 14.9 Å². The number of anilines is 1. The van der Waals surface area contributed by atoms with E-state index in [2.05, 4.69) is 9.80 Å². The summed E-state index contributed by atoms with van der Waals surface area (Å²) in [4.78, 5) is 4.18. The Bertz CT molecular complexity index is 355. The molecular weight excluding hydrogens is 219 g/mol. The lowest BCUT2D eigenvalue weighted by Gasteiger charge is -2.22. The Morgan fingerprint density at radius 1 is 1.18 bits per heavy atom. The van der Waals surface area contributed by atoms with Crippen LogP contribution in [0.3, 0.4) is 0 Å². The van der Waals surface area contributed by atoms with Crippen LogP contribution in [0.1, 0.15) is 12.0 Å². The summed E-state index contributed by atoms with van der Waals surface area (Å²) in [7, 11) is 6.04. The topological polar surface area (TPSA) is 26.7 Å². The van der Waals surface area contributed by atoms with E-state index in [-0.39, 0.29) is 12.4 Å². The normalized spacial score (nSPS) is 10.9. The SMILES string of the molecule is CN(C)CCCN(C)c1ccc(F)cc1CO. The van der Waals surface area contributed by atoms with E-state index in [1.54, 1.807) is 6.07 Å². The summed E-state index contributed by atoms with van der Waals surface area (Å²) in [5.41, 5.74) is 1.53. The first-order valence-corrected chi connectivity index (χ1v) is 5.79. The van der Waals surface area contributed by atoms with Gasteiger partial charge in [-0.2, -0.15) is 0 Å². The molecule has 3 nitrogen and oxygen atoms in total. The smallest absolute Gasteiger partial charge is 0.123 e. The molecule has 0 unspecified atom stereocenters. The van der Waals surface area contributed by atoms with Crippen molar-refractivity contribution in [1.82, 2.24) is 4.90 Å². The van der Waals surface area contributed by atoms with Crippen LogP contribution in [-0.2, 0) is 6.61 Å². The third kappa shape index (κ3) is 4.32. The molecule has 0 aliphatic carbocycles. The maximum absolute atomic E-state index is 13.0. The quantitative estimate of drug-likeness (QED) is 0.820. The third-order valence-electron chi connectivity index (χ3n) is 2.72. The first-order chi connectivity index (χ1) is 8.04. The van der Waals surface area contributed by atoms with E-state index < -0.39 is 0 Å². The second-order valence-electron chi connectivity index (χ2n) is 4.51. The van der Waals surface area contributed by atoms with Crippen LogP contribution >= 0.6 is 0 Å². The number of aliphatic hydroxyl groups excluding tert-OH is 1. The molecule has 1 rings (SSSR count). The third-order valence-corrected chi connectivity index (χ3v) is 2.72. The second-order valence-corrected chi connectivity index (χ2v) is 4.51. The van der Waals surface area contributed by atoms with E-state index in [1.807, 2.05) is 21.1 Å². The molecule has 0 amide bonds. The van der Waals surface area contributed by atoms with Crippen LogP contribution in [0.2, 0.25) is 0 Å². The highest BCUT2D eigenvalue weighted by molar-refractivity contribution is 5.52. The summed E-state index contributed by atoms with van der Waals surface area (Å²) < 4.78 is 13.0. The number of nitrogens with zero attached hydrogens (tertiary/aromatic N) is 2. The van der Waals surface area contributed by atoms with Gasteiger partial charge in [-0.3, -0.25) is 0 Å². The molecule has 96 valence electrons. The van der Waals surface area contributed by atoms with Crippen molar-refractivity contribution in [3.63, 3.8) is 0 Å². The lowest BCUT2D eigenvalue weighted by Crippen LogP contribution is -2.24. The van der Waals surface area contributed by atoms with Gasteiger partial charge in [-0.25, -0.2) is 4.39 Å². The number of aliphatic hydroxyl groups is 1. The Morgan fingerprint density at radius 2 is 1.88 bits per heavy atom. The average molecular weight is 240 g/mol. The molecule has 1 aromatic carbocycles. The first-order valence-electron chi connectivity index (χ1n) is 5.79. The van der Waals surface area contributed by atoms with Gasteiger partial charge in [0.15, 0.2) is 0 Å². The van der Waals surface area contributed by atoms with Crippen molar-refractivity contribution in [3.05, 3.63) is 29.6 Å². The Kier molecular flexibility index (Phi) is 5.38. The van der Waals surface area contributed by atoms with Crippen LogP contribution in [0.4, 0.5) is 10.1 Å². The fourth-order valence-corrected chi connectivity index (χ4v) is 1.80. The van der Waals surface area contributed by atoms with Crippen LogP contribution in [0.15, 0.2) is 18.2 Å². The fourth-order valence-electron chi connectivity index (χ4n) is 1.80. The van der Waals surface area contributed by atoms with Crippen LogP contribution < -0.4 is 4.90 Å². The zero-order chi connectivity index (χ0) is 12.8. The highest BCUT2D eigenvalue weighted by Crippen LogP contribution is 2.20. The predicted octanol–water partition coefficient (Wildman–Crippen LogP) is 1.71. The van der Waals surface area contributed by atoms with Crippen LogP contribution in [0.25, 0.3) is 0 Å². The minimum atomic E-state index is -0.306. The Hall–Kier alpha value is -1.13. The van der Waals surface area contributed by atoms with E-state index >= 15 is 0 Å². The summed E-state index contributed by atoms with van der Waals surface area (Å²) >= 11 is 0. The van der Waals surface area contributed by atoms with Crippen molar-refractivity contribution < 1.29 is 9.50 Å². The van der Waals surface area contributed by atoms with E-state index in [4.69, 9.17) is 0 Å². The molecular formula is C13H21FN2O. The highest BCUT2D eigenvalue weighted by Gasteiger charge is 2.07. The molecule has 1 N–H and O–H groups in total. The standard InChI is InChI=1S/C13H21FN2O/c1-15(2)7-4-8-16(3)13-6-5-12(14)9-11(13)10-17/h5-6,9,17H,4,7-8,10H2,1-3H3. The van der Waals surface area contributed by atoms with Gasteiger partial charge in [-0.1, -0.05) is 0 Å². The Labute approximate surface area is 102 Å². The van der Waals surface area contributed by atoms with Crippen molar-refractivity contribution in [2.75, 3.05) is 39.1 Å². The molecule has 0 aliphatic rings. The van der Waals surface area contributed by atoms with Gasteiger partial charge in [0.1, 0.15) is 5.82 Å². The van der Waals surface area contributed by atoms with E-state index in [0.29, 0.717) is 5.56 Å². The number of benzene rings is 1. The van der Waals surface area contributed by atoms with Gasteiger partial charge in [0, 0.05) is 24.8 Å². The molecule has 17 heavy (non-hydrogen) atoms. The zero-order valence-electron chi connectivity index (χ0n) is 10.8. The fraction of sp³-hybridized carbons (Fsp3) is 0.538. The second kappa shape index (κ2) is 6.57. The van der Waals surface area contributed by atoms with Gasteiger partial charge in [0.25, 0.3) is 0 Å². The maximum Gasteiger partial charge on any atom is 0.123 e. The summed E-state index contributed by atoms with van der Waals surface area (Å²) in [6.45, 7) is 1.77. The molecule has 0 aliphatic heterocycles. The lowest BCUT2D eigenvalue weighted by atomic mass is 10.1. The molecule has 0 heterocycles. The van der Waals surface area contributed by atoms with Crippen LogP contribution in [0, 0.1) is 5.82 Å². The lowest BCUT2D eigenvalue weighted by molar-refractivity contribution is 0.281. The molecule has 1 aromatic rings. The molecule has 0 bridgehead atoms. The molecule has 0 saturated heterocycles. The van der Waals surface area contributed by atoms with Crippen molar-refractivity contribution in [3.8, 4) is 0 Å². The summed E-state index contributed by atoms with van der Waals surface area (Å²) in [6.07, 6.45) is 1.03. The van der Waals surface area contributed by atoms with Crippen LogP contribution in [-0.4, -0.2) is 44.2 Å². The van der Waals surface area contributed by atoms with Gasteiger partial charge in [-0.15, -0.1) is 0 Å². The summed E-state index contributed by atoms with van der Waals surface area (Å²) in [6, 6.07) is 4.53. The number of rotatable bonds is 6. The van der Waals surface area contributed by atoms with Crippen molar-refractivity contribution >= 4 is 5.69 Å². The van der Waals surface area contributed by atoms with Gasteiger partial charge in [-0.05, 0) is 45.3 Å². The van der Waals surface area contributed by atoms with Gasteiger partial charge in [0.2, 0.25) is 0 Å². The minimum absolute atomic E-state index is 0.134. The maximum atomic E-state index is 13.0. The average Bonchev–Trinajstić information content (AvgIpc) is 2.28. The van der Waals surface area contributed by atoms with Crippen LogP contribution in [0.5, 0.6) is 0 Å². The predicted molar refractivity (Wildman–Crippen MR) is 68.8 cm³/mol. The molecule has 0 fully saturated rings. The monoisotopic (exact) mass is 240 g/mol. The molecule has 0 atom stereocenters. The first kappa shape index (κ1) is 13.9. The number of halogens is 1. The summed E-state index contributed by atoms with van der Waals surface area (Å²) in [5, 5.41) is 9.20.